The third-order valence-corrected chi connectivity index (χ3v) is 5.72. The Hall–Kier alpha value is -2.95. The Morgan fingerprint density at radius 2 is 1.77 bits per heavy atom. The van der Waals surface area contributed by atoms with Crippen molar-refractivity contribution in [1.29, 1.82) is 5.26 Å². The molecule has 1 heterocycles. The first-order chi connectivity index (χ1) is 14.3. The van der Waals surface area contributed by atoms with Crippen LogP contribution in [0, 0.1) is 18.3 Å². The van der Waals surface area contributed by atoms with E-state index in [1.165, 1.54) is 6.08 Å². The lowest BCUT2D eigenvalue weighted by Gasteiger charge is -2.05. The third-order valence-electron chi connectivity index (χ3n) is 4.11. The van der Waals surface area contributed by atoms with E-state index in [4.69, 9.17) is 21.1 Å². The minimum absolute atomic E-state index is 0.110. The lowest BCUT2D eigenvalue weighted by Crippen LogP contribution is -2.12. The van der Waals surface area contributed by atoms with Gasteiger partial charge in [-0.1, -0.05) is 29.8 Å². The van der Waals surface area contributed by atoms with E-state index in [0.717, 1.165) is 11.3 Å². The standard InChI is InChI=1S/C22H20ClNO5S/c1-4-28-21(26)19-13(3)20(22(27)29-5-2)30-18(19)11-17(25)15(12-24)10-14-8-6-7-9-16(14)23/h6-10H,4-5,11H2,1-3H3/b15-10+. The highest BCUT2D eigenvalue weighted by Crippen LogP contribution is 2.31. The molecule has 156 valence electrons. The molecule has 0 aliphatic carbocycles. The van der Waals surface area contributed by atoms with Crippen molar-refractivity contribution in [2.75, 3.05) is 13.2 Å². The van der Waals surface area contributed by atoms with E-state index in [-0.39, 0.29) is 35.6 Å². The molecule has 0 saturated carbocycles. The normalized spacial score (nSPS) is 11.0. The number of Topliss-reactive ketones (excluding diaryl/α,β-unsaturated/α-hetero) is 1. The second kappa shape index (κ2) is 10.7. The molecule has 8 heteroatoms. The van der Waals surface area contributed by atoms with Crippen LogP contribution in [0.2, 0.25) is 5.02 Å². The zero-order valence-electron chi connectivity index (χ0n) is 16.8. The van der Waals surface area contributed by atoms with Gasteiger partial charge in [0.25, 0.3) is 0 Å². The summed E-state index contributed by atoms with van der Waals surface area (Å²) in [5, 5.41) is 9.87. The number of benzene rings is 1. The molecule has 0 fully saturated rings. The van der Waals surface area contributed by atoms with Gasteiger partial charge in [0, 0.05) is 16.3 Å². The van der Waals surface area contributed by atoms with E-state index >= 15 is 0 Å². The summed E-state index contributed by atoms with van der Waals surface area (Å²) in [7, 11) is 0. The SMILES string of the molecule is CCOC(=O)c1sc(CC(=O)/C(C#N)=C/c2ccccc2Cl)c(C(=O)OCC)c1C. The van der Waals surface area contributed by atoms with Crippen molar-refractivity contribution in [3.8, 4) is 6.07 Å². The van der Waals surface area contributed by atoms with Crippen LogP contribution in [0.5, 0.6) is 0 Å². The summed E-state index contributed by atoms with van der Waals surface area (Å²) in [5.41, 5.74) is 0.979. The summed E-state index contributed by atoms with van der Waals surface area (Å²) in [5.74, 6) is -1.70. The number of carbonyl (C=O) groups is 3. The first-order valence-electron chi connectivity index (χ1n) is 9.19. The van der Waals surface area contributed by atoms with Gasteiger partial charge in [-0.2, -0.15) is 5.26 Å². The third kappa shape index (κ3) is 5.35. The largest absolute Gasteiger partial charge is 0.462 e. The topological polar surface area (TPSA) is 93.5 Å². The molecule has 0 aliphatic rings. The number of carbonyl (C=O) groups excluding carboxylic acids is 3. The number of thiophene rings is 1. The Labute approximate surface area is 183 Å². The molecule has 2 aromatic rings. The van der Waals surface area contributed by atoms with Crippen molar-refractivity contribution < 1.29 is 23.9 Å². The van der Waals surface area contributed by atoms with Crippen LogP contribution in [0.3, 0.4) is 0 Å². The summed E-state index contributed by atoms with van der Waals surface area (Å²) in [6.45, 7) is 5.27. The van der Waals surface area contributed by atoms with Crippen molar-refractivity contribution in [2.45, 2.75) is 27.2 Å². The van der Waals surface area contributed by atoms with Gasteiger partial charge in [-0.05, 0) is 44.0 Å². The van der Waals surface area contributed by atoms with Gasteiger partial charge >= 0.3 is 11.9 Å². The summed E-state index contributed by atoms with van der Waals surface area (Å²) < 4.78 is 10.1. The van der Waals surface area contributed by atoms with Gasteiger partial charge in [0.15, 0.2) is 5.78 Å². The lowest BCUT2D eigenvalue weighted by molar-refractivity contribution is -0.114. The first-order valence-corrected chi connectivity index (χ1v) is 10.4. The number of ether oxygens (including phenoxy) is 2. The molecule has 0 saturated heterocycles. The summed E-state index contributed by atoms with van der Waals surface area (Å²) in [6.07, 6.45) is 1.17. The quantitative estimate of drug-likeness (QED) is 0.329. The predicted octanol–water partition coefficient (Wildman–Crippen LogP) is 4.78. The number of esters is 2. The minimum atomic E-state index is -0.627. The molecule has 0 atom stereocenters. The monoisotopic (exact) mass is 445 g/mol. The summed E-state index contributed by atoms with van der Waals surface area (Å²) in [4.78, 5) is 38.1. The Balaban J connectivity index is 2.44. The van der Waals surface area contributed by atoms with Gasteiger partial charge in [-0.3, -0.25) is 4.79 Å². The van der Waals surface area contributed by atoms with E-state index in [2.05, 4.69) is 0 Å². The van der Waals surface area contributed by atoms with Crippen LogP contribution >= 0.6 is 22.9 Å². The number of allylic oxidation sites excluding steroid dienone is 1. The summed E-state index contributed by atoms with van der Waals surface area (Å²) in [6, 6.07) is 8.71. The molecule has 0 aliphatic heterocycles. The fourth-order valence-electron chi connectivity index (χ4n) is 2.72. The van der Waals surface area contributed by atoms with Crippen LogP contribution in [0.4, 0.5) is 0 Å². The molecule has 0 unspecified atom stereocenters. The maximum Gasteiger partial charge on any atom is 0.348 e. The molecule has 1 aromatic carbocycles. The zero-order valence-corrected chi connectivity index (χ0v) is 18.4. The highest BCUT2D eigenvalue weighted by Gasteiger charge is 2.28. The van der Waals surface area contributed by atoms with E-state index < -0.39 is 17.7 Å². The summed E-state index contributed by atoms with van der Waals surface area (Å²) >= 11 is 7.10. The number of halogens is 1. The van der Waals surface area contributed by atoms with Crippen molar-refractivity contribution in [2.24, 2.45) is 0 Å². The molecule has 0 radical (unpaired) electrons. The van der Waals surface area contributed by atoms with Crippen molar-refractivity contribution in [3.05, 3.63) is 61.3 Å². The van der Waals surface area contributed by atoms with Gasteiger partial charge in [0.05, 0.1) is 24.4 Å². The molecule has 6 nitrogen and oxygen atoms in total. The van der Waals surface area contributed by atoms with Crippen molar-refractivity contribution in [1.82, 2.24) is 0 Å². The fraction of sp³-hybridized carbons (Fsp3) is 0.273. The second-order valence-corrected chi connectivity index (χ2v) is 7.60. The van der Waals surface area contributed by atoms with Crippen LogP contribution in [0.25, 0.3) is 6.08 Å². The predicted molar refractivity (Wildman–Crippen MR) is 115 cm³/mol. The van der Waals surface area contributed by atoms with Crippen molar-refractivity contribution >= 4 is 46.7 Å². The zero-order chi connectivity index (χ0) is 22.3. The Morgan fingerprint density at radius 1 is 1.13 bits per heavy atom. The highest BCUT2D eigenvalue weighted by atomic mass is 35.5. The van der Waals surface area contributed by atoms with Gasteiger partial charge in [0.1, 0.15) is 10.9 Å². The molecule has 0 spiro atoms. The molecule has 2 rings (SSSR count). The highest BCUT2D eigenvalue weighted by molar-refractivity contribution is 7.14. The van der Waals surface area contributed by atoms with E-state index in [9.17, 15) is 19.6 Å². The Kier molecular flexibility index (Phi) is 8.34. The van der Waals surface area contributed by atoms with E-state index in [1.54, 1.807) is 45.0 Å². The van der Waals surface area contributed by atoms with Gasteiger partial charge in [0.2, 0.25) is 0 Å². The van der Waals surface area contributed by atoms with Gasteiger partial charge in [-0.15, -0.1) is 11.3 Å². The number of nitrogens with zero attached hydrogens (tertiary/aromatic N) is 1. The number of hydrogen-bond donors (Lipinski definition) is 0. The van der Waals surface area contributed by atoms with Gasteiger partial charge < -0.3 is 9.47 Å². The Bertz CT molecular complexity index is 1050. The molecule has 0 N–H and O–H groups in total. The number of hydrogen-bond acceptors (Lipinski definition) is 7. The van der Waals surface area contributed by atoms with E-state index in [1.807, 2.05) is 6.07 Å². The van der Waals surface area contributed by atoms with Crippen LogP contribution in [-0.4, -0.2) is 30.9 Å². The van der Waals surface area contributed by atoms with Crippen LogP contribution < -0.4 is 0 Å². The minimum Gasteiger partial charge on any atom is -0.462 e. The van der Waals surface area contributed by atoms with Crippen LogP contribution in [0.15, 0.2) is 29.8 Å². The maximum atomic E-state index is 12.8. The molecule has 30 heavy (non-hydrogen) atoms. The fourth-order valence-corrected chi connectivity index (χ4v) is 4.10. The maximum absolute atomic E-state index is 12.8. The molecule has 0 amide bonds. The molecular weight excluding hydrogens is 426 g/mol. The van der Waals surface area contributed by atoms with Crippen LogP contribution in [0.1, 0.15) is 49.9 Å². The van der Waals surface area contributed by atoms with E-state index in [0.29, 0.717) is 21.0 Å². The number of ketones is 1. The van der Waals surface area contributed by atoms with Gasteiger partial charge in [-0.25, -0.2) is 9.59 Å². The second-order valence-electron chi connectivity index (χ2n) is 6.09. The lowest BCUT2D eigenvalue weighted by atomic mass is 10.0. The Morgan fingerprint density at radius 3 is 2.37 bits per heavy atom. The molecule has 0 bridgehead atoms. The van der Waals surface area contributed by atoms with Crippen molar-refractivity contribution in [3.63, 3.8) is 0 Å². The number of rotatable bonds is 8. The van der Waals surface area contributed by atoms with Crippen LogP contribution in [-0.2, 0) is 20.7 Å². The molecule has 1 aromatic heterocycles. The average Bonchev–Trinajstić information content (AvgIpc) is 3.03. The number of nitriles is 1. The molecular formula is C22H20ClNO5S. The smallest absolute Gasteiger partial charge is 0.348 e. The average molecular weight is 446 g/mol. The first kappa shape index (κ1) is 23.3.